The zero-order valence-electron chi connectivity index (χ0n) is 13.7. The van der Waals surface area contributed by atoms with Gasteiger partial charge < -0.3 is 19.1 Å². The Morgan fingerprint density at radius 1 is 1.12 bits per heavy atom. The molecule has 0 N–H and O–H groups in total. The van der Waals surface area contributed by atoms with E-state index in [-0.39, 0.29) is 5.91 Å². The molecule has 0 bridgehead atoms. The molecule has 0 saturated heterocycles. The first kappa shape index (κ1) is 16.5. The molecule has 1 aliphatic heterocycles. The van der Waals surface area contributed by atoms with Crippen LogP contribution in [0.1, 0.15) is 12.5 Å². The Balaban J connectivity index is 1.99. The summed E-state index contributed by atoms with van der Waals surface area (Å²) < 4.78 is 16.2. The van der Waals surface area contributed by atoms with Gasteiger partial charge in [-0.2, -0.15) is 0 Å². The van der Waals surface area contributed by atoms with Crippen LogP contribution in [0, 0.1) is 0 Å². The highest BCUT2D eigenvalue weighted by atomic mass is 35.5. The standard InChI is InChI=1S/C18H18ClNO4/c1-11-18(21)20(16-5-4-13(19)8-17(16)24-11)10-12-6-14(22-2)9-15(7-12)23-3/h4-9,11H,10H2,1-3H3. The summed E-state index contributed by atoms with van der Waals surface area (Å²) in [5.74, 6) is 1.85. The summed E-state index contributed by atoms with van der Waals surface area (Å²) in [6.45, 7) is 2.11. The predicted octanol–water partition coefficient (Wildman–Crippen LogP) is 3.67. The predicted molar refractivity (Wildman–Crippen MR) is 92.3 cm³/mol. The van der Waals surface area contributed by atoms with Crippen LogP contribution in [0.5, 0.6) is 17.2 Å². The summed E-state index contributed by atoms with van der Waals surface area (Å²) in [4.78, 5) is 14.3. The van der Waals surface area contributed by atoms with E-state index in [1.165, 1.54) is 0 Å². The number of hydrogen-bond acceptors (Lipinski definition) is 4. The van der Waals surface area contributed by atoms with Crippen LogP contribution >= 0.6 is 11.6 Å². The lowest BCUT2D eigenvalue weighted by Crippen LogP contribution is -2.43. The fourth-order valence-electron chi connectivity index (χ4n) is 2.69. The normalized spacial score (nSPS) is 16.4. The Bertz CT molecular complexity index is 755. The number of hydrogen-bond donors (Lipinski definition) is 0. The lowest BCUT2D eigenvalue weighted by Gasteiger charge is -2.33. The highest BCUT2D eigenvalue weighted by Gasteiger charge is 2.31. The van der Waals surface area contributed by atoms with Crippen LogP contribution in [0.2, 0.25) is 5.02 Å². The smallest absolute Gasteiger partial charge is 0.268 e. The van der Waals surface area contributed by atoms with E-state index in [4.69, 9.17) is 25.8 Å². The Labute approximate surface area is 145 Å². The SMILES string of the molecule is COc1cc(CN2C(=O)C(C)Oc3cc(Cl)ccc32)cc(OC)c1. The Morgan fingerprint density at radius 3 is 2.42 bits per heavy atom. The third kappa shape index (κ3) is 3.12. The summed E-state index contributed by atoms with van der Waals surface area (Å²) in [5.41, 5.74) is 1.60. The topological polar surface area (TPSA) is 48.0 Å². The molecule has 0 fully saturated rings. The van der Waals surface area contributed by atoms with E-state index in [1.807, 2.05) is 12.1 Å². The molecule has 2 aromatic carbocycles. The molecule has 126 valence electrons. The van der Waals surface area contributed by atoms with Gasteiger partial charge in [-0.25, -0.2) is 0 Å². The maximum absolute atomic E-state index is 12.6. The van der Waals surface area contributed by atoms with Crippen molar-refractivity contribution >= 4 is 23.2 Å². The molecule has 1 aliphatic rings. The van der Waals surface area contributed by atoms with Crippen LogP contribution in [0.25, 0.3) is 0 Å². The molecule has 24 heavy (non-hydrogen) atoms. The minimum Gasteiger partial charge on any atom is -0.497 e. The van der Waals surface area contributed by atoms with Crippen LogP contribution in [-0.2, 0) is 11.3 Å². The fourth-order valence-corrected chi connectivity index (χ4v) is 2.85. The van der Waals surface area contributed by atoms with Gasteiger partial charge >= 0.3 is 0 Å². The molecule has 0 radical (unpaired) electrons. The highest BCUT2D eigenvalue weighted by molar-refractivity contribution is 6.30. The largest absolute Gasteiger partial charge is 0.497 e. The van der Waals surface area contributed by atoms with E-state index >= 15 is 0 Å². The van der Waals surface area contributed by atoms with Gasteiger partial charge in [0.05, 0.1) is 26.5 Å². The molecule has 1 unspecified atom stereocenters. The maximum Gasteiger partial charge on any atom is 0.268 e. The second-order valence-corrected chi connectivity index (χ2v) is 5.95. The zero-order valence-corrected chi connectivity index (χ0v) is 14.5. The molecule has 1 heterocycles. The lowest BCUT2D eigenvalue weighted by atomic mass is 10.1. The Morgan fingerprint density at radius 2 is 1.79 bits per heavy atom. The van der Waals surface area contributed by atoms with Gasteiger partial charge in [0, 0.05) is 17.2 Å². The Hall–Kier alpha value is -2.40. The molecular weight excluding hydrogens is 330 g/mol. The molecule has 0 aliphatic carbocycles. The van der Waals surface area contributed by atoms with Crippen molar-refractivity contribution in [3.05, 3.63) is 47.0 Å². The van der Waals surface area contributed by atoms with E-state index in [1.54, 1.807) is 50.3 Å². The van der Waals surface area contributed by atoms with Crippen molar-refractivity contribution in [2.75, 3.05) is 19.1 Å². The average molecular weight is 348 g/mol. The molecule has 1 atom stereocenters. The first-order valence-corrected chi connectivity index (χ1v) is 7.89. The quantitative estimate of drug-likeness (QED) is 0.846. The third-order valence-electron chi connectivity index (χ3n) is 3.88. The number of benzene rings is 2. The monoisotopic (exact) mass is 347 g/mol. The number of amides is 1. The highest BCUT2D eigenvalue weighted by Crippen LogP contribution is 2.37. The van der Waals surface area contributed by atoms with Crippen molar-refractivity contribution in [1.29, 1.82) is 0 Å². The number of methoxy groups -OCH3 is 2. The molecule has 0 saturated carbocycles. The van der Waals surface area contributed by atoms with Crippen molar-refractivity contribution < 1.29 is 19.0 Å². The summed E-state index contributed by atoms with van der Waals surface area (Å²) in [6.07, 6.45) is -0.566. The van der Waals surface area contributed by atoms with Gasteiger partial charge in [0.1, 0.15) is 17.2 Å². The van der Waals surface area contributed by atoms with Crippen molar-refractivity contribution in [2.24, 2.45) is 0 Å². The zero-order chi connectivity index (χ0) is 17.3. The fraction of sp³-hybridized carbons (Fsp3) is 0.278. The summed E-state index contributed by atoms with van der Waals surface area (Å²) in [6, 6.07) is 10.8. The van der Waals surface area contributed by atoms with Crippen LogP contribution < -0.4 is 19.1 Å². The summed E-state index contributed by atoms with van der Waals surface area (Å²) in [5, 5.41) is 0.568. The van der Waals surface area contributed by atoms with Gasteiger partial charge in [-0.05, 0) is 36.8 Å². The van der Waals surface area contributed by atoms with Crippen LogP contribution in [0.3, 0.4) is 0 Å². The molecule has 3 rings (SSSR count). The van der Waals surface area contributed by atoms with Gasteiger partial charge in [0.25, 0.3) is 5.91 Å². The number of rotatable bonds is 4. The van der Waals surface area contributed by atoms with Gasteiger partial charge in [-0.3, -0.25) is 4.79 Å². The molecule has 0 aromatic heterocycles. The van der Waals surface area contributed by atoms with Gasteiger partial charge in [0.15, 0.2) is 6.10 Å². The van der Waals surface area contributed by atoms with E-state index in [9.17, 15) is 4.79 Å². The van der Waals surface area contributed by atoms with Crippen molar-refractivity contribution in [3.8, 4) is 17.2 Å². The molecular formula is C18H18ClNO4. The van der Waals surface area contributed by atoms with E-state index in [0.717, 1.165) is 5.56 Å². The van der Waals surface area contributed by atoms with Gasteiger partial charge in [-0.15, -0.1) is 0 Å². The average Bonchev–Trinajstić information content (AvgIpc) is 2.58. The lowest BCUT2D eigenvalue weighted by molar-refractivity contribution is -0.125. The number of carbonyl (C=O) groups excluding carboxylic acids is 1. The number of ether oxygens (including phenoxy) is 3. The van der Waals surface area contributed by atoms with Crippen LogP contribution in [-0.4, -0.2) is 26.2 Å². The molecule has 0 spiro atoms. The third-order valence-corrected chi connectivity index (χ3v) is 4.12. The number of carbonyl (C=O) groups is 1. The number of nitrogens with zero attached hydrogens (tertiary/aromatic N) is 1. The van der Waals surface area contributed by atoms with E-state index in [2.05, 4.69) is 0 Å². The molecule has 2 aromatic rings. The van der Waals surface area contributed by atoms with Crippen LogP contribution in [0.15, 0.2) is 36.4 Å². The maximum atomic E-state index is 12.6. The second-order valence-electron chi connectivity index (χ2n) is 5.52. The number of anilines is 1. The first-order valence-electron chi connectivity index (χ1n) is 7.51. The van der Waals surface area contributed by atoms with E-state index in [0.29, 0.717) is 34.5 Å². The van der Waals surface area contributed by atoms with Crippen molar-refractivity contribution in [2.45, 2.75) is 19.6 Å². The number of fused-ring (bicyclic) bond motifs is 1. The van der Waals surface area contributed by atoms with E-state index < -0.39 is 6.10 Å². The van der Waals surface area contributed by atoms with Gasteiger partial charge in [-0.1, -0.05) is 11.6 Å². The first-order chi connectivity index (χ1) is 11.5. The molecule has 1 amide bonds. The Kier molecular flexibility index (Phi) is 4.53. The molecule has 6 heteroatoms. The minimum atomic E-state index is -0.566. The van der Waals surface area contributed by atoms with Crippen molar-refractivity contribution in [3.63, 3.8) is 0 Å². The minimum absolute atomic E-state index is 0.105. The summed E-state index contributed by atoms with van der Waals surface area (Å²) >= 11 is 6.03. The molecule has 5 nitrogen and oxygen atoms in total. The number of halogens is 1. The van der Waals surface area contributed by atoms with Crippen LogP contribution in [0.4, 0.5) is 5.69 Å². The van der Waals surface area contributed by atoms with Gasteiger partial charge in [0.2, 0.25) is 0 Å². The van der Waals surface area contributed by atoms with Crippen molar-refractivity contribution in [1.82, 2.24) is 0 Å². The second kappa shape index (κ2) is 6.61. The summed E-state index contributed by atoms with van der Waals surface area (Å²) in [7, 11) is 3.19.